The Hall–Kier alpha value is -2.83. The molecule has 0 bridgehead atoms. The van der Waals surface area contributed by atoms with Crippen LogP contribution in [0.15, 0.2) is 54.6 Å². The molecule has 1 aromatic heterocycles. The summed E-state index contributed by atoms with van der Waals surface area (Å²) in [5.74, 6) is 0.208. The van der Waals surface area contributed by atoms with Gasteiger partial charge >= 0.3 is 0 Å². The Labute approximate surface area is 159 Å². The number of anilines is 1. The largest absolute Gasteiger partial charge is 0.383 e. The van der Waals surface area contributed by atoms with Crippen LogP contribution in [0.3, 0.4) is 0 Å². The number of rotatable bonds is 2. The van der Waals surface area contributed by atoms with Gasteiger partial charge in [0, 0.05) is 16.1 Å². The van der Waals surface area contributed by atoms with Crippen molar-refractivity contribution >= 4 is 17.4 Å². The van der Waals surface area contributed by atoms with Gasteiger partial charge in [0.25, 0.3) is 0 Å². The maximum Gasteiger partial charge on any atom is 0.142 e. The number of benzene rings is 2. The highest BCUT2D eigenvalue weighted by Crippen LogP contribution is 2.34. The second kappa shape index (κ2) is 6.82. The summed E-state index contributed by atoms with van der Waals surface area (Å²) in [6, 6.07) is 19.7. The molecule has 0 spiro atoms. The molecule has 0 amide bonds. The molecule has 0 aliphatic rings. The molecule has 2 N–H and O–H groups in total. The summed E-state index contributed by atoms with van der Waals surface area (Å²) in [6.07, 6.45) is 0. The lowest BCUT2D eigenvalue weighted by molar-refractivity contribution is 0.590. The molecule has 4 heteroatoms. The van der Waals surface area contributed by atoms with Gasteiger partial charge in [-0.1, -0.05) is 74.8 Å². The van der Waals surface area contributed by atoms with Crippen molar-refractivity contribution in [3.05, 3.63) is 70.7 Å². The minimum Gasteiger partial charge on any atom is -0.383 e. The van der Waals surface area contributed by atoms with E-state index in [2.05, 4.69) is 44.0 Å². The van der Waals surface area contributed by atoms with Crippen molar-refractivity contribution in [2.24, 2.45) is 0 Å². The molecule has 3 rings (SSSR count). The summed E-state index contributed by atoms with van der Waals surface area (Å²) in [6.45, 7) is 6.51. The monoisotopic (exact) mass is 361 g/mol. The quantitative estimate of drug-likeness (QED) is 0.625. The molecule has 26 heavy (non-hydrogen) atoms. The third-order valence-corrected chi connectivity index (χ3v) is 4.70. The Bertz CT molecular complexity index is 993. The number of hydrogen-bond acceptors (Lipinski definition) is 3. The molecular formula is C22H20ClN3. The number of aromatic nitrogens is 1. The fourth-order valence-corrected chi connectivity index (χ4v) is 3.10. The van der Waals surface area contributed by atoms with Gasteiger partial charge < -0.3 is 5.73 Å². The van der Waals surface area contributed by atoms with Gasteiger partial charge in [-0.2, -0.15) is 5.26 Å². The molecule has 130 valence electrons. The van der Waals surface area contributed by atoms with E-state index in [4.69, 9.17) is 17.3 Å². The number of halogens is 1. The van der Waals surface area contributed by atoms with Crippen molar-refractivity contribution in [2.45, 2.75) is 26.2 Å². The Balaban J connectivity index is 2.18. The number of nitrogens with zero attached hydrogens (tertiary/aromatic N) is 2. The molecule has 1 heterocycles. The molecule has 3 aromatic rings. The molecule has 2 aromatic carbocycles. The third-order valence-electron chi connectivity index (χ3n) is 4.37. The van der Waals surface area contributed by atoms with E-state index in [1.165, 1.54) is 5.56 Å². The SMILES string of the molecule is CC(C)(C)c1ccc(-c2cc(-c3ccccc3Cl)nc(N)c2C#N)cc1. The molecule has 0 aliphatic carbocycles. The first-order valence-electron chi connectivity index (χ1n) is 8.37. The summed E-state index contributed by atoms with van der Waals surface area (Å²) >= 11 is 6.31. The standard InChI is InChI=1S/C22H20ClN3/c1-22(2,3)15-10-8-14(9-11-15)17-12-20(26-21(25)18(17)13-24)16-6-4-5-7-19(16)23/h4-12H,1-3H3,(H2,25,26). The highest BCUT2D eigenvalue weighted by atomic mass is 35.5. The average molecular weight is 362 g/mol. The summed E-state index contributed by atoms with van der Waals surface area (Å²) in [7, 11) is 0. The summed E-state index contributed by atoms with van der Waals surface area (Å²) in [5.41, 5.74) is 10.9. The van der Waals surface area contributed by atoms with Crippen LogP contribution in [0.2, 0.25) is 5.02 Å². The highest BCUT2D eigenvalue weighted by Gasteiger charge is 2.17. The van der Waals surface area contributed by atoms with Gasteiger partial charge in [0.1, 0.15) is 17.5 Å². The lowest BCUT2D eigenvalue weighted by Crippen LogP contribution is -2.10. The van der Waals surface area contributed by atoms with E-state index in [9.17, 15) is 5.26 Å². The number of nitrogens with two attached hydrogens (primary N) is 1. The lowest BCUT2D eigenvalue weighted by Gasteiger charge is -2.19. The van der Waals surface area contributed by atoms with Crippen LogP contribution < -0.4 is 5.73 Å². The summed E-state index contributed by atoms with van der Waals surface area (Å²) in [5, 5.41) is 10.2. The van der Waals surface area contributed by atoms with E-state index < -0.39 is 0 Å². The molecule has 0 fully saturated rings. The number of nitriles is 1. The van der Waals surface area contributed by atoms with E-state index in [1.807, 2.05) is 42.5 Å². The van der Waals surface area contributed by atoms with Gasteiger partial charge in [0.05, 0.1) is 5.69 Å². The predicted octanol–water partition coefficient (Wildman–Crippen LogP) is 5.82. The van der Waals surface area contributed by atoms with Gasteiger partial charge in [0.15, 0.2) is 0 Å². The Morgan fingerprint density at radius 2 is 1.65 bits per heavy atom. The maximum absolute atomic E-state index is 9.56. The van der Waals surface area contributed by atoms with Crippen LogP contribution in [0.4, 0.5) is 5.82 Å². The molecule has 3 nitrogen and oxygen atoms in total. The van der Waals surface area contributed by atoms with E-state index in [0.29, 0.717) is 16.3 Å². The van der Waals surface area contributed by atoms with Gasteiger partial charge in [-0.15, -0.1) is 0 Å². The second-order valence-electron chi connectivity index (χ2n) is 7.23. The minimum absolute atomic E-state index is 0.0661. The van der Waals surface area contributed by atoms with Crippen molar-refractivity contribution in [1.82, 2.24) is 4.98 Å². The first-order valence-corrected chi connectivity index (χ1v) is 8.75. The summed E-state index contributed by atoms with van der Waals surface area (Å²) < 4.78 is 0. The van der Waals surface area contributed by atoms with Crippen LogP contribution in [0.5, 0.6) is 0 Å². The smallest absolute Gasteiger partial charge is 0.142 e. The fraction of sp³-hybridized carbons (Fsp3) is 0.182. The van der Waals surface area contributed by atoms with Gasteiger partial charge in [-0.25, -0.2) is 4.98 Å². The van der Waals surface area contributed by atoms with Crippen LogP contribution in [0, 0.1) is 11.3 Å². The van der Waals surface area contributed by atoms with Crippen LogP contribution in [0.25, 0.3) is 22.4 Å². The topological polar surface area (TPSA) is 62.7 Å². The van der Waals surface area contributed by atoms with Crippen LogP contribution in [-0.2, 0) is 5.41 Å². The molecule has 0 unspecified atom stereocenters. The molecule has 0 atom stereocenters. The predicted molar refractivity (Wildman–Crippen MR) is 108 cm³/mol. The zero-order chi connectivity index (χ0) is 18.9. The van der Waals surface area contributed by atoms with Crippen LogP contribution in [0.1, 0.15) is 31.9 Å². The zero-order valence-electron chi connectivity index (χ0n) is 15.0. The van der Waals surface area contributed by atoms with Gasteiger partial charge in [-0.3, -0.25) is 0 Å². The maximum atomic E-state index is 9.56. The molecule has 0 saturated carbocycles. The normalized spacial score (nSPS) is 11.2. The molecule has 0 aliphatic heterocycles. The van der Waals surface area contributed by atoms with Gasteiger partial charge in [0.2, 0.25) is 0 Å². The molecule has 0 saturated heterocycles. The first-order chi connectivity index (χ1) is 12.3. The highest BCUT2D eigenvalue weighted by molar-refractivity contribution is 6.33. The van der Waals surface area contributed by atoms with Gasteiger partial charge in [-0.05, 0) is 28.7 Å². The van der Waals surface area contributed by atoms with Crippen LogP contribution >= 0.6 is 11.6 Å². The van der Waals surface area contributed by atoms with Crippen molar-refractivity contribution in [3.8, 4) is 28.5 Å². The Kier molecular flexibility index (Phi) is 4.71. The summed E-state index contributed by atoms with van der Waals surface area (Å²) in [4.78, 5) is 4.39. The third kappa shape index (κ3) is 3.42. The molecule has 0 radical (unpaired) electrons. The number of pyridine rings is 1. The lowest BCUT2D eigenvalue weighted by atomic mass is 9.86. The zero-order valence-corrected chi connectivity index (χ0v) is 15.8. The Morgan fingerprint density at radius 3 is 2.23 bits per heavy atom. The second-order valence-corrected chi connectivity index (χ2v) is 7.64. The minimum atomic E-state index is 0.0661. The van der Waals surface area contributed by atoms with Crippen molar-refractivity contribution < 1.29 is 0 Å². The van der Waals surface area contributed by atoms with E-state index in [1.54, 1.807) is 0 Å². The van der Waals surface area contributed by atoms with Crippen molar-refractivity contribution in [2.75, 3.05) is 5.73 Å². The van der Waals surface area contributed by atoms with E-state index >= 15 is 0 Å². The van der Waals surface area contributed by atoms with Crippen molar-refractivity contribution in [3.63, 3.8) is 0 Å². The first kappa shape index (κ1) is 18.0. The Morgan fingerprint density at radius 1 is 1.00 bits per heavy atom. The van der Waals surface area contributed by atoms with Crippen LogP contribution in [-0.4, -0.2) is 4.98 Å². The van der Waals surface area contributed by atoms with E-state index in [-0.39, 0.29) is 11.2 Å². The average Bonchev–Trinajstić information content (AvgIpc) is 2.61. The van der Waals surface area contributed by atoms with E-state index in [0.717, 1.165) is 16.7 Å². The molecular weight excluding hydrogens is 342 g/mol. The number of nitrogen functional groups attached to an aromatic ring is 1. The van der Waals surface area contributed by atoms with Crippen molar-refractivity contribution in [1.29, 1.82) is 5.26 Å². The fourth-order valence-electron chi connectivity index (χ4n) is 2.87. The number of hydrogen-bond donors (Lipinski definition) is 1.